The molecule has 0 fully saturated rings. The number of nitriles is 1. The van der Waals surface area contributed by atoms with E-state index in [4.69, 9.17) is 5.26 Å². The fraction of sp³-hybridized carbons (Fsp3) is 0.700. The Balaban J connectivity index is 2.48. The number of aromatic nitrogens is 3. The molecule has 0 aliphatic rings. The van der Waals surface area contributed by atoms with Crippen LogP contribution in [0, 0.1) is 18.3 Å². The normalized spacial score (nSPS) is 14.4. The van der Waals surface area contributed by atoms with Crippen LogP contribution in [0.3, 0.4) is 0 Å². The van der Waals surface area contributed by atoms with Crippen molar-refractivity contribution in [3.63, 3.8) is 0 Å². The summed E-state index contributed by atoms with van der Waals surface area (Å²) in [6.07, 6.45) is 0.774. The van der Waals surface area contributed by atoms with Gasteiger partial charge in [0.15, 0.2) is 5.16 Å². The van der Waals surface area contributed by atoms with Crippen molar-refractivity contribution < 1.29 is 0 Å². The van der Waals surface area contributed by atoms with Crippen LogP contribution in [0.15, 0.2) is 5.16 Å². The van der Waals surface area contributed by atoms with Crippen molar-refractivity contribution in [2.45, 2.75) is 31.0 Å². The van der Waals surface area contributed by atoms with Crippen LogP contribution in [0.5, 0.6) is 0 Å². The first-order valence-corrected chi connectivity index (χ1v) is 6.10. The highest BCUT2D eigenvalue weighted by molar-refractivity contribution is 7.99. The molecule has 1 heterocycles. The number of rotatable bonds is 5. The van der Waals surface area contributed by atoms with Gasteiger partial charge in [-0.15, -0.1) is 10.2 Å². The Hall–Kier alpha value is -1.06. The second kappa shape index (κ2) is 5.32. The molecule has 0 spiro atoms. The third-order valence-corrected chi connectivity index (χ3v) is 3.71. The van der Waals surface area contributed by atoms with Gasteiger partial charge < -0.3 is 9.88 Å². The van der Waals surface area contributed by atoms with E-state index in [1.807, 2.05) is 25.5 Å². The Morgan fingerprint density at radius 1 is 1.56 bits per heavy atom. The molecule has 0 saturated carbocycles. The zero-order valence-electron chi connectivity index (χ0n) is 10.1. The first kappa shape index (κ1) is 13.0. The number of hydrogen-bond donors (Lipinski definition) is 1. The van der Waals surface area contributed by atoms with Gasteiger partial charge in [0.1, 0.15) is 11.4 Å². The topological polar surface area (TPSA) is 66.5 Å². The van der Waals surface area contributed by atoms with Crippen LogP contribution >= 0.6 is 11.8 Å². The quantitative estimate of drug-likeness (QED) is 0.780. The number of aryl methyl sites for hydroxylation is 1. The third-order valence-electron chi connectivity index (χ3n) is 2.68. The molecule has 1 atom stereocenters. The molecule has 5 nitrogen and oxygen atoms in total. The van der Waals surface area contributed by atoms with E-state index in [1.165, 1.54) is 0 Å². The minimum Gasteiger partial charge on any atom is -0.309 e. The Bertz CT molecular complexity index is 394. The summed E-state index contributed by atoms with van der Waals surface area (Å²) in [6, 6.07) is 2.27. The molecule has 0 radical (unpaired) electrons. The average molecular weight is 239 g/mol. The maximum Gasteiger partial charge on any atom is 0.190 e. The SMILES string of the molecule is CNC(C)(C#N)CCSc1nnc(C)n1C. The summed E-state index contributed by atoms with van der Waals surface area (Å²) in [5.74, 6) is 1.75. The standard InChI is InChI=1S/C10H17N5S/c1-8-13-14-9(15(8)4)16-6-5-10(2,7-11)12-3/h12H,5-6H2,1-4H3. The van der Waals surface area contributed by atoms with Gasteiger partial charge in [-0.1, -0.05) is 11.8 Å². The zero-order chi connectivity index (χ0) is 12.2. The summed E-state index contributed by atoms with van der Waals surface area (Å²) >= 11 is 1.62. The number of thioether (sulfide) groups is 1. The summed E-state index contributed by atoms with van der Waals surface area (Å²) in [4.78, 5) is 0. The van der Waals surface area contributed by atoms with Crippen molar-refractivity contribution in [1.29, 1.82) is 5.26 Å². The summed E-state index contributed by atoms with van der Waals surface area (Å²) in [7, 11) is 3.75. The van der Waals surface area contributed by atoms with Crippen molar-refractivity contribution in [1.82, 2.24) is 20.1 Å². The Morgan fingerprint density at radius 3 is 2.69 bits per heavy atom. The second-order valence-corrected chi connectivity index (χ2v) is 4.94. The number of hydrogen-bond acceptors (Lipinski definition) is 5. The van der Waals surface area contributed by atoms with Crippen LogP contribution in [0.1, 0.15) is 19.2 Å². The molecule has 1 unspecified atom stereocenters. The first-order chi connectivity index (χ1) is 7.52. The molecule has 0 aliphatic heterocycles. The fourth-order valence-electron chi connectivity index (χ4n) is 1.10. The highest BCUT2D eigenvalue weighted by atomic mass is 32.2. The van der Waals surface area contributed by atoms with E-state index in [1.54, 1.807) is 18.8 Å². The van der Waals surface area contributed by atoms with Crippen molar-refractivity contribution >= 4 is 11.8 Å². The summed E-state index contributed by atoms with van der Waals surface area (Å²) in [5, 5.41) is 20.9. The van der Waals surface area contributed by atoms with E-state index in [9.17, 15) is 0 Å². The van der Waals surface area contributed by atoms with Gasteiger partial charge in [0.05, 0.1) is 6.07 Å². The zero-order valence-corrected chi connectivity index (χ0v) is 10.9. The van der Waals surface area contributed by atoms with E-state index in [-0.39, 0.29) is 0 Å². The molecule has 16 heavy (non-hydrogen) atoms. The molecular formula is C10H17N5S. The minimum atomic E-state index is -0.458. The summed E-state index contributed by atoms with van der Waals surface area (Å²) < 4.78 is 1.95. The molecular weight excluding hydrogens is 222 g/mol. The molecule has 0 bridgehead atoms. The van der Waals surface area contributed by atoms with Crippen LogP contribution in [0.2, 0.25) is 0 Å². The van der Waals surface area contributed by atoms with Crippen molar-refractivity contribution in [2.24, 2.45) is 7.05 Å². The molecule has 0 amide bonds. The lowest BCUT2D eigenvalue weighted by molar-refractivity contribution is 0.479. The maximum atomic E-state index is 8.99. The lowest BCUT2D eigenvalue weighted by Crippen LogP contribution is -2.38. The highest BCUT2D eigenvalue weighted by Gasteiger charge is 2.20. The minimum absolute atomic E-state index is 0.458. The first-order valence-electron chi connectivity index (χ1n) is 5.11. The third kappa shape index (κ3) is 2.97. The molecule has 1 aromatic heterocycles. The maximum absolute atomic E-state index is 8.99. The van der Waals surface area contributed by atoms with Gasteiger partial charge in [-0.2, -0.15) is 5.26 Å². The van der Waals surface area contributed by atoms with Crippen LogP contribution in [0.4, 0.5) is 0 Å². The molecule has 0 saturated heterocycles. The summed E-state index contributed by atoms with van der Waals surface area (Å²) in [6.45, 7) is 3.82. The lowest BCUT2D eigenvalue weighted by atomic mass is 10.0. The van der Waals surface area contributed by atoms with Gasteiger partial charge in [0, 0.05) is 12.8 Å². The van der Waals surface area contributed by atoms with Crippen molar-refractivity contribution in [2.75, 3.05) is 12.8 Å². The van der Waals surface area contributed by atoms with Crippen molar-refractivity contribution in [3.8, 4) is 6.07 Å². The average Bonchev–Trinajstić information content (AvgIpc) is 2.60. The Kier molecular flexibility index (Phi) is 4.33. The van der Waals surface area contributed by atoms with E-state index in [0.717, 1.165) is 23.2 Å². The predicted molar refractivity (Wildman–Crippen MR) is 64.2 cm³/mol. The molecule has 0 aliphatic carbocycles. The van der Waals surface area contributed by atoms with Crippen LogP contribution in [-0.2, 0) is 7.05 Å². The number of nitrogens with zero attached hydrogens (tertiary/aromatic N) is 4. The van der Waals surface area contributed by atoms with Gasteiger partial charge in [0.2, 0.25) is 0 Å². The Labute approximate surface area is 100 Å². The number of nitrogens with one attached hydrogen (secondary N) is 1. The fourth-order valence-corrected chi connectivity index (χ4v) is 2.21. The molecule has 1 rings (SSSR count). The second-order valence-electron chi connectivity index (χ2n) is 3.88. The van der Waals surface area contributed by atoms with Gasteiger partial charge in [-0.05, 0) is 27.3 Å². The van der Waals surface area contributed by atoms with E-state index >= 15 is 0 Å². The van der Waals surface area contributed by atoms with Crippen molar-refractivity contribution in [3.05, 3.63) is 5.82 Å². The van der Waals surface area contributed by atoms with Gasteiger partial charge in [-0.25, -0.2) is 0 Å². The smallest absolute Gasteiger partial charge is 0.190 e. The highest BCUT2D eigenvalue weighted by Crippen LogP contribution is 2.19. The monoisotopic (exact) mass is 239 g/mol. The molecule has 0 aromatic carbocycles. The van der Waals surface area contributed by atoms with E-state index < -0.39 is 5.54 Å². The van der Waals surface area contributed by atoms with E-state index in [0.29, 0.717) is 0 Å². The largest absolute Gasteiger partial charge is 0.309 e. The molecule has 88 valence electrons. The predicted octanol–water partition coefficient (Wildman–Crippen LogP) is 1.11. The lowest BCUT2D eigenvalue weighted by Gasteiger charge is -2.19. The van der Waals surface area contributed by atoms with Gasteiger partial charge >= 0.3 is 0 Å². The Morgan fingerprint density at radius 2 is 2.25 bits per heavy atom. The van der Waals surface area contributed by atoms with Gasteiger partial charge in [-0.3, -0.25) is 0 Å². The van der Waals surface area contributed by atoms with Crippen LogP contribution in [-0.4, -0.2) is 33.1 Å². The van der Waals surface area contributed by atoms with E-state index in [2.05, 4.69) is 21.6 Å². The summed E-state index contributed by atoms with van der Waals surface area (Å²) in [5.41, 5.74) is -0.458. The molecule has 1 N–H and O–H groups in total. The van der Waals surface area contributed by atoms with Gasteiger partial charge in [0.25, 0.3) is 0 Å². The van der Waals surface area contributed by atoms with Crippen LogP contribution < -0.4 is 5.32 Å². The molecule has 1 aromatic rings. The van der Waals surface area contributed by atoms with Crippen LogP contribution in [0.25, 0.3) is 0 Å². The molecule has 6 heteroatoms.